The number of ether oxygens (including phenoxy) is 2. The third-order valence-corrected chi connectivity index (χ3v) is 3.12. The van der Waals surface area contributed by atoms with Crippen LogP contribution in [0, 0.1) is 12.8 Å². The van der Waals surface area contributed by atoms with Gasteiger partial charge in [0, 0.05) is 19.8 Å². The van der Waals surface area contributed by atoms with Crippen LogP contribution >= 0.6 is 11.6 Å². The zero-order valence-electron chi connectivity index (χ0n) is 10.6. The highest BCUT2D eigenvalue weighted by Crippen LogP contribution is 2.29. The van der Waals surface area contributed by atoms with E-state index in [1.54, 1.807) is 10.9 Å². The molecular formula is C12H11ClN4O3. The number of imidazole rings is 1. The second kappa shape index (κ2) is 5.34. The molecule has 104 valence electrons. The Morgan fingerprint density at radius 3 is 3.10 bits per heavy atom. The van der Waals surface area contributed by atoms with Gasteiger partial charge >= 0.3 is 5.97 Å². The van der Waals surface area contributed by atoms with Crippen LogP contribution in [-0.2, 0) is 14.3 Å². The maximum absolute atomic E-state index is 10.8. The van der Waals surface area contributed by atoms with Crippen molar-refractivity contribution in [3.63, 3.8) is 0 Å². The molecule has 3 rings (SSSR count). The van der Waals surface area contributed by atoms with Crippen LogP contribution < -0.4 is 0 Å². The molecule has 3 heterocycles. The molecule has 2 aromatic rings. The van der Waals surface area contributed by atoms with E-state index in [1.165, 1.54) is 13.3 Å². The molecule has 0 unspecified atom stereocenters. The van der Waals surface area contributed by atoms with Gasteiger partial charge in [0.15, 0.2) is 10.8 Å². The van der Waals surface area contributed by atoms with Crippen molar-refractivity contribution in [1.82, 2.24) is 19.5 Å². The highest BCUT2D eigenvalue weighted by molar-refractivity contribution is 6.33. The molecule has 0 N–H and O–H groups in total. The van der Waals surface area contributed by atoms with E-state index in [0.717, 1.165) is 0 Å². The lowest BCUT2D eigenvalue weighted by Crippen LogP contribution is -2.18. The molecule has 0 bridgehead atoms. The van der Waals surface area contributed by atoms with Crippen molar-refractivity contribution in [2.24, 2.45) is 0 Å². The van der Waals surface area contributed by atoms with Gasteiger partial charge in [0.2, 0.25) is 0 Å². The number of esters is 1. The number of aromatic nitrogens is 4. The largest absolute Gasteiger partial charge is 0.463 e. The first kappa shape index (κ1) is 13.3. The zero-order chi connectivity index (χ0) is 14.1. The number of carbonyl (C=O) groups excluding carboxylic acids is 1. The second-order valence-electron chi connectivity index (χ2n) is 4.24. The summed E-state index contributed by atoms with van der Waals surface area (Å²) >= 11 is 5.95. The molecule has 0 aromatic carbocycles. The van der Waals surface area contributed by atoms with Gasteiger partial charge in [-0.25, -0.2) is 15.0 Å². The fourth-order valence-electron chi connectivity index (χ4n) is 1.95. The highest BCUT2D eigenvalue weighted by atomic mass is 35.5. The van der Waals surface area contributed by atoms with Gasteiger partial charge in [-0.15, -0.1) is 0 Å². The van der Waals surface area contributed by atoms with Gasteiger partial charge in [0.1, 0.15) is 24.7 Å². The van der Waals surface area contributed by atoms with Crippen LogP contribution in [-0.4, -0.2) is 38.2 Å². The van der Waals surface area contributed by atoms with Crippen LogP contribution in [0.1, 0.15) is 13.2 Å². The summed E-state index contributed by atoms with van der Waals surface area (Å²) in [6.45, 7) is 1.54. The molecule has 1 fully saturated rings. The van der Waals surface area contributed by atoms with Crippen molar-refractivity contribution in [3.05, 3.63) is 30.6 Å². The zero-order valence-corrected chi connectivity index (χ0v) is 11.3. The molecule has 0 spiro atoms. The van der Waals surface area contributed by atoms with E-state index in [4.69, 9.17) is 21.1 Å². The van der Waals surface area contributed by atoms with E-state index in [1.807, 2.05) is 12.8 Å². The Labute approximate surface area is 119 Å². The Bertz CT molecular complexity index is 645. The molecule has 0 amide bonds. The van der Waals surface area contributed by atoms with Gasteiger partial charge in [0.05, 0.1) is 12.4 Å². The summed E-state index contributed by atoms with van der Waals surface area (Å²) in [7, 11) is 0. The molecule has 1 saturated heterocycles. The van der Waals surface area contributed by atoms with Crippen molar-refractivity contribution in [2.45, 2.75) is 19.3 Å². The average Bonchev–Trinajstić information content (AvgIpc) is 3.02. The van der Waals surface area contributed by atoms with Crippen LogP contribution in [0.25, 0.3) is 11.2 Å². The first-order chi connectivity index (χ1) is 9.65. The molecule has 1 aliphatic heterocycles. The Kier molecular flexibility index (Phi) is 3.54. The van der Waals surface area contributed by atoms with Gasteiger partial charge in [-0.3, -0.25) is 9.36 Å². The number of halogens is 1. The summed E-state index contributed by atoms with van der Waals surface area (Å²) in [6, 6.07) is 0. The van der Waals surface area contributed by atoms with Crippen LogP contribution in [0.5, 0.6) is 0 Å². The summed E-state index contributed by atoms with van der Waals surface area (Å²) in [5.74, 6) is -0.335. The van der Waals surface area contributed by atoms with Gasteiger partial charge in [-0.05, 0) is 0 Å². The summed E-state index contributed by atoms with van der Waals surface area (Å²) in [5.41, 5.74) is 1.11. The second-order valence-corrected chi connectivity index (χ2v) is 4.60. The van der Waals surface area contributed by atoms with E-state index < -0.39 is 0 Å². The van der Waals surface area contributed by atoms with E-state index in [0.29, 0.717) is 16.3 Å². The fraction of sp³-hybridized carbons (Fsp3) is 0.333. The molecule has 0 aliphatic carbocycles. The summed E-state index contributed by atoms with van der Waals surface area (Å²) in [4.78, 5) is 23.0. The summed E-state index contributed by atoms with van der Waals surface area (Å²) in [6.07, 6.45) is 6.02. The van der Waals surface area contributed by atoms with Crippen molar-refractivity contribution in [1.29, 1.82) is 0 Å². The molecule has 20 heavy (non-hydrogen) atoms. The third-order valence-electron chi connectivity index (χ3n) is 2.84. The quantitative estimate of drug-likeness (QED) is 0.628. The Hall–Kier alpha value is -1.73. The minimum Gasteiger partial charge on any atom is -0.463 e. The predicted octanol–water partition coefficient (Wildman–Crippen LogP) is 1.35. The molecular weight excluding hydrogens is 284 g/mol. The average molecular weight is 295 g/mol. The van der Waals surface area contributed by atoms with Gasteiger partial charge < -0.3 is 9.47 Å². The van der Waals surface area contributed by atoms with E-state index >= 15 is 0 Å². The van der Waals surface area contributed by atoms with Crippen molar-refractivity contribution >= 4 is 28.7 Å². The number of rotatable bonds is 3. The summed E-state index contributed by atoms with van der Waals surface area (Å²) < 4.78 is 12.4. The Balaban J connectivity index is 1.76. The minimum atomic E-state index is -0.355. The van der Waals surface area contributed by atoms with E-state index in [-0.39, 0.29) is 24.9 Å². The van der Waals surface area contributed by atoms with Crippen molar-refractivity contribution < 1.29 is 14.3 Å². The van der Waals surface area contributed by atoms with Crippen LogP contribution in [0.3, 0.4) is 0 Å². The lowest BCUT2D eigenvalue weighted by molar-refractivity contribution is -0.144. The normalized spacial score (nSPS) is 22.3. The minimum absolute atomic E-state index is 0.185. The molecule has 2 aromatic heterocycles. The van der Waals surface area contributed by atoms with Gasteiger partial charge in [-0.1, -0.05) is 11.6 Å². The summed E-state index contributed by atoms with van der Waals surface area (Å²) in [5, 5.41) is 0.298. The van der Waals surface area contributed by atoms with E-state index in [9.17, 15) is 4.79 Å². The molecule has 1 aliphatic rings. The molecule has 0 saturated carbocycles. The lowest BCUT2D eigenvalue weighted by Gasteiger charge is -2.14. The lowest BCUT2D eigenvalue weighted by atomic mass is 10.2. The number of hydrogen-bond acceptors (Lipinski definition) is 6. The maximum Gasteiger partial charge on any atom is 0.302 e. The number of carbonyl (C=O) groups is 1. The third kappa shape index (κ3) is 2.46. The Morgan fingerprint density at radius 2 is 2.30 bits per heavy atom. The topological polar surface area (TPSA) is 79.1 Å². The first-order valence-electron chi connectivity index (χ1n) is 5.95. The molecule has 2 atom stereocenters. The highest BCUT2D eigenvalue weighted by Gasteiger charge is 2.29. The molecule has 7 nitrogen and oxygen atoms in total. The maximum atomic E-state index is 10.8. The van der Waals surface area contributed by atoms with Crippen LogP contribution in [0.4, 0.5) is 0 Å². The number of hydrogen-bond donors (Lipinski definition) is 0. The van der Waals surface area contributed by atoms with Crippen LogP contribution in [0.15, 0.2) is 12.7 Å². The van der Waals surface area contributed by atoms with Gasteiger partial charge in [-0.2, -0.15) is 0 Å². The predicted molar refractivity (Wildman–Crippen MR) is 69.5 cm³/mol. The van der Waals surface area contributed by atoms with Crippen LogP contribution in [0.2, 0.25) is 5.15 Å². The standard InChI is InChI=1S/C12H11ClN4O3/c1-7(18)19-4-8-2-3-9(20-8)17-6-16-10-11(13)14-5-15-12(10)17/h2-3,5-6,8-9H,4H2,1H3/t8-,9-/m1/s1. The monoisotopic (exact) mass is 294 g/mol. The SMILES string of the molecule is CC(=O)OC[C@H]1[CH][CH][C@H](n2cnc3c(Cl)ncnc32)O1. The van der Waals surface area contributed by atoms with Crippen molar-refractivity contribution in [2.75, 3.05) is 6.61 Å². The van der Waals surface area contributed by atoms with Crippen molar-refractivity contribution in [3.8, 4) is 0 Å². The number of fused-ring (bicyclic) bond motifs is 1. The Morgan fingerprint density at radius 1 is 1.45 bits per heavy atom. The smallest absolute Gasteiger partial charge is 0.302 e. The number of nitrogens with zero attached hydrogens (tertiary/aromatic N) is 4. The van der Waals surface area contributed by atoms with E-state index in [2.05, 4.69) is 15.0 Å². The first-order valence-corrected chi connectivity index (χ1v) is 6.33. The molecule has 2 radical (unpaired) electrons. The fourth-order valence-corrected chi connectivity index (χ4v) is 2.13. The van der Waals surface area contributed by atoms with Gasteiger partial charge in [0.25, 0.3) is 0 Å². The molecule has 8 heteroatoms.